The summed E-state index contributed by atoms with van der Waals surface area (Å²) in [6, 6.07) is 0. The third kappa shape index (κ3) is 2.23. The van der Waals surface area contributed by atoms with Crippen molar-refractivity contribution in [2.45, 2.75) is 65.7 Å². The van der Waals surface area contributed by atoms with Crippen molar-refractivity contribution in [3.05, 3.63) is 24.3 Å². The Hall–Kier alpha value is -0.560. The second-order valence-electron chi connectivity index (χ2n) is 8.87. The zero-order chi connectivity index (χ0) is 15.3. The largest absolute Gasteiger partial charge is 0.396 e. The zero-order valence-corrected chi connectivity index (χ0v) is 14.1. The highest BCUT2D eigenvalue weighted by Gasteiger charge is 2.55. The number of aliphatic hydroxyl groups is 1. The molecule has 3 aliphatic rings. The maximum atomic E-state index is 9.99. The van der Waals surface area contributed by atoms with Gasteiger partial charge in [0.15, 0.2) is 0 Å². The van der Waals surface area contributed by atoms with E-state index < -0.39 is 0 Å². The second-order valence-corrected chi connectivity index (χ2v) is 8.87. The Morgan fingerprint density at radius 2 is 2.05 bits per heavy atom. The van der Waals surface area contributed by atoms with Gasteiger partial charge < -0.3 is 5.11 Å². The van der Waals surface area contributed by atoms with Crippen molar-refractivity contribution in [3.8, 4) is 0 Å². The van der Waals surface area contributed by atoms with Crippen LogP contribution in [0.15, 0.2) is 24.3 Å². The quantitative estimate of drug-likeness (QED) is 0.700. The Morgan fingerprint density at radius 3 is 2.71 bits per heavy atom. The first-order valence-corrected chi connectivity index (χ1v) is 8.80. The van der Waals surface area contributed by atoms with Crippen LogP contribution in [0.5, 0.6) is 0 Å². The van der Waals surface area contributed by atoms with Gasteiger partial charge in [0.05, 0.1) is 0 Å². The standard InChI is InChI=1S/C20H32O/c1-5-18(2)12-9-16-15(13-18)7-8-17-19(3,14-21)10-6-11-20(16,17)4/h5,7,16-17,21H,1,6,8-14H2,2-4H3/t16-,17-,18-,19+,20+/m0/s1. The van der Waals surface area contributed by atoms with Crippen molar-refractivity contribution in [3.63, 3.8) is 0 Å². The Balaban J connectivity index is 1.94. The zero-order valence-electron chi connectivity index (χ0n) is 14.1. The fourth-order valence-electron chi connectivity index (χ4n) is 5.93. The summed E-state index contributed by atoms with van der Waals surface area (Å²) in [5.74, 6) is 1.40. The van der Waals surface area contributed by atoms with E-state index in [2.05, 4.69) is 39.5 Å². The van der Waals surface area contributed by atoms with Gasteiger partial charge in [0.2, 0.25) is 0 Å². The average Bonchev–Trinajstić information content (AvgIpc) is 2.46. The molecule has 1 heteroatoms. The van der Waals surface area contributed by atoms with E-state index in [9.17, 15) is 5.11 Å². The molecule has 1 nitrogen and oxygen atoms in total. The minimum Gasteiger partial charge on any atom is -0.396 e. The monoisotopic (exact) mass is 288 g/mol. The molecular formula is C20H32O. The van der Waals surface area contributed by atoms with Gasteiger partial charge in [0, 0.05) is 6.61 Å². The molecule has 0 aromatic carbocycles. The van der Waals surface area contributed by atoms with Gasteiger partial charge in [-0.15, -0.1) is 6.58 Å². The lowest BCUT2D eigenvalue weighted by Gasteiger charge is -2.59. The molecule has 0 spiro atoms. The molecule has 0 aromatic heterocycles. The third-order valence-electron chi connectivity index (χ3n) is 7.43. The lowest BCUT2D eigenvalue weighted by atomic mass is 9.45. The van der Waals surface area contributed by atoms with Crippen LogP contribution < -0.4 is 0 Å². The van der Waals surface area contributed by atoms with E-state index in [1.807, 2.05) is 0 Å². The molecular weight excluding hydrogens is 256 g/mol. The molecule has 118 valence electrons. The van der Waals surface area contributed by atoms with Crippen LogP contribution in [0, 0.1) is 28.1 Å². The summed E-state index contributed by atoms with van der Waals surface area (Å²) in [6.07, 6.45) is 13.5. The maximum absolute atomic E-state index is 9.99. The van der Waals surface area contributed by atoms with Gasteiger partial charge in [-0.3, -0.25) is 0 Å². The predicted octanol–water partition coefficient (Wildman–Crippen LogP) is 5.11. The van der Waals surface area contributed by atoms with E-state index >= 15 is 0 Å². The van der Waals surface area contributed by atoms with Gasteiger partial charge in [-0.25, -0.2) is 0 Å². The van der Waals surface area contributed by atoms with Gasteiger partial charge in [-0.1, -0.05) is 44.9 Å². The maximum Gasteiger partial charge on any atom is 0.0487 e. The first kappa shape index (κ1) is 15.3. The number of aliphatic hydroxyl groups excluding tert-OH is 1. The summed E-state index contributed by atoms with van der Waals surface area (Å²) in [5.41, 5.74) is 2.54. The first-order chi connectivity index (χ1) is 9.87. The van der Waals surface area contributed by atoms with Crippen molar-refractivity contribution in [2.75, 3.05) is 6.61 Å². The van der Waals surface area contributed by atoms with Gasteiger partial charge in [0.25, 0.3) is 0 Å². The molecule has 3 aliphatic carbocycles. The summed E-state index contributed by atoms with van der Waals surface area (Å²) in [7, 11) is 0. The number of allylic oxidation sites excluding steroid dienone is 3. The first-order valence-electron chi connectivity index (χ1n) is 8.80. The van der Waals surface area contributed by atoms with Crippen LogP contribution in [-0.4, -0.2) is 11.7 Å². The molecule has 0 bridgehead atoms. The van der Waals surface area contributed by atoms with Gasteiger partial charge in [-0.2, -0.15) is 0 Å². The number of rotatable bonds is 2. The minimum absolute atomic E-state index is 0.133. The summed E-state index contributed by atoms with van der Waals surface area (Å²) in [5, 5.41) is 9.99. The third-order valence-corrected chi connectivity index (χ3v) is 7.43. The molecule has 1 N–H and O–H groups in total. The van der Waals surface area contributed by atoms with Gasteiger partial charge in [0.1, 0.15) is 0 Å². The molecule has 0 aromatic rings. The fourth-order valence-corrected chi connectivity index (χ4v) is 5.93. The summed E-state index contributed by atoms with van der Waals surface area (Å²) >= 11 is 0. The van der Waals surface area contributed by atoms with Crippen LogP contribution in [0.3, 0.4) is 0 Å². The van der Waals surface area contributed by atoms with E-state index in [1.54, 1.807) is 5.57 Å². The molecule has 0 saturated heterocycles. The SMILES string of the molecule is C=C[C@@]1(C)CC[C@H]2C(=CC[C@H]3[C@@](C)(CO)CCC[C@]23C)C1. The Kier molecular flexibility index (Phi) is 3.64. The van der Waals surface area contributed by atoms with Crippen LogP contribution in [0.25, 0.3) is 0 Å². The van der Waals surface area contributed by atoms with Gasteiger partial charge >= 0.3 is 0 Å². The summed E-state index contributed by atoms with van der Waals surface area (Å²) in [4.78, 5) is 0. The molecule has 0 unspecified atom stereocenters. The van der Waals surface area contributed by atoms with Crippen LogP contribution in [-0.2, 0) is 0 Å². The minimum atomic E-state index is 0.133. The van der Waals surface area contributed by atoms with E-state index in [0.717, 1.165) is 5.92 Å². The molecule has 21 heavy (non-hydrogen) atoms. The van der Waals surface area contributed by atoms with Crippen LogP contribution in [0.4, 0.5) is 0 Å². The highest BCUT2D eigenvalue weighted by molar-refractivity contribution is 5.25. The fraction of sp³-hybridized carbons (Fsp3) is 0.800. The highest BCUT2D eigenvalue weighted by atomic mass is 16.3. The van der Waals surface area contributed by atoms with E-state index in [0.29, 0.717) is 23.4 Å². The highest BCUT2D eigenvalue weighted by Crippen LogP contribution is 2.63. The van der Waals surface area contributed by atoms with Crippen molar-refractivity contribution >= 4 is 0 Å². The average molecular weight is 288 g/mol. The molecule has 2 fully saturated rings. The summed E-state index contributed by atoms with van der Waals surface area (Å²) in [6.45, 7) is 11.6. The lowest BCUT2D eigenvalue weighted by Crippen LogP contribution is -2.52. The van der Waals surface area contributed by atoms with E-state index in [1.165, 1.54) is 44.9 Å². The van der Waals surface area contributed by atoms with Crippen molar-refractivity contribution in [2.24, 2.45) is 28.1 Å². The molecule has 0 heterocycles. The van der Waals surface area contributed by atoms with Crippen molar-refractivity contribution < 1.29 is 5.11 Å². The van der Waals surface area contributed by atoms with Gasteiger partial charge in [-0.05, 0) is 66.6 Å². The van der Waals surface area contributed by atoms with E-state index in [4.69, 9.17) is 0 Å². The number of hydrogen-bond donors (Lipinski definition) is 1. The molecule has 3 rings (SSSR count). The van der Waals surface area contributed by atoms with E-state index in [-0.39, 0.29) is 5.41 Å². The molecule has 2 saturated carbocycles. The van der Waals surface area contributed by atoms with Crippen molar-refractivity contribution in [1.82, 2.24) is 0 Å². The molecule has 0 radical (unpaired) electrons. The van der Waals surface area contributed by atoms with Crippen LogP contribution in [0.1, 0.15) is 65.7 Å². The van der Waals surface area contributed by atoms with Crippen molar-refractivity contribution in [1.29, 1.82) is 0 Å². The summed E-state index contributed by atoms with van der Waals surface area (Å²) < 4.78 is 0. The normalized spacial score (nSPS) is 49.8. The topological polar surface area (TPSA) is 20.2 Å². The number of fused-ring (bicyclic) bond motifs is 3. The Labute approximate surface area is 130 Å². The van der Waals surface area contributed by atoms with Crippen LogP contribution in [0.2, 0.25) is 0 Å². The molecule has 0 aliphatic heterocycles. The predicted molar refractivity (Wildman–Crippen MR) is 89.0 cm³/mol. The molecule has 5 atom stereocenters. The Bertz CT molecular complexity index is 464. The second kappa shape index (κ2) is 4.98. The smallest absolute Gasteiger partial charge is 0.0487 e. The Morgan fingerprint density at radius 1 is 1.29 bits per heavy atom. The molecule has 0 amide bonds. The lowest BCUT2D eigenvalue weighted by molar-refractivity contribution is -0.0805. The number of hydrogen-bond acceptors (Lipinski definition) is 1. The van der Waals surface area contributed by atoms with Crippen LogP contribution >= 0.6 is 0 Å².